The number of hydrogen-bond donors (Lipinski definition) is 3. The molecule has 6 nitrogen and oxygen atoms in total. The molecule has 0 aromatic heterocycles. The third-order valence-corrected chi connectivity index (χ3v) is 4.69. The van der Waals surface area contributed by atoms with E-state index in [0.29, 0.717) is 23.6 Å². The number of hydrogen-bond acceptors (Lipinski definition) is 5. The molecule has 0 spiro atoms. The molecule has 2 unspecified atom stereocenters. The molecule has 2 atom stereocenters. The maximum Gasteiger partial charge on any atom is 0.255 e. The zero-order valence-electron chi connectivity index (χ0n) is 19.5. The molecule has 0 radical (unpaired) electrons. The number of ether oxygens (including phenoxy) is 2. The van der Waals surface area contributed by atoms with Crippen LogP contribution in [0.25, 0.3) is 0 Å². The van der Waals surface area contributed by atoms with E-state index in [9.17, 15) is 9.90 Å². The van der Waals surface area contributed by atoms with Crippen molar-refractivity contribution in [3.63, 3.8) is 0 Å². The average Bonchev–Trinajstić information content (AvgIpc) is 2.74. The van der Waals surface area contributed by atoms with E-state index in [1.807, 2.05) is 26.0 Å². The third kappa shape index (κ3) is 9.90. The Labute approximate surface area is 198 Å². The van der Waals surface area contributed by atoms with Crippen LogP contribution in [-0.2, 0) is 0 Å². The summed E-state index contributed by atoms with van der Waals surface area (Å²) in [4.78, 5) is 12.5. The van der Waals surface area contributed by atoms with Crippen LogP contribution in [0.4, 0.5) is 5.69 Å². The minimum Gasteiger partial charge on any atom is -0.494 e. The van der Waals surface area contributed by atoms with Gasteiger partial charge in [0.05, 0.1) is 6.61 Å². The maximum absolute atomic E-state index is 12.5. The molecule has 2 rings (SSSR count). The van der Waals surface area contributed by atoms with Gasteiger partial charge in [-0.25, -0.2) is 0 Å². The van der Waals surface area contributed by atoms with Crippen molar-refractivity contribution in [2.75, 3.05) is 11.9 Å². The first-order chi connectivity index (χ1) is 14.9. The molecule has 2 aromatic rings. The molecule has 0 aliphatic rings. The Morgan fingerprint density at radius 2 is 1.56 bits per heavy atom. The Morgan fingerprint density at radius 3 is 2.12 bits per heavy atom. The molecule has 0 bridgehead atoms. The second-order valence-corrected chi connectivity index (χ2v) is 8.01. The molecular weight excluding hydrogens is 428 g/mol. The van der Waals surface area contributed by atoms with Crippen LogP contribution < -0.4 is 20.1 Å². The molecule has 3 N–H and O–H groups in total. The molecule has 1 amide bonds. The number of aliphatic hydroxyl groups excluding tert-OH is 1. The summed E-state index contributed by atoms with van der Waals surface area (Å²) < 4.78 is 11.5. The van der Waals surface area contributed by atoms with Gasteiger partial charge in [0.25, 0.3) is 5.91 Å². The van der Waals surface area contributed by atoms with Gasteiger partial charge in [-0.3, -0.25) is 10.1 Å². The minimum absolute atomic E-state index is 0. The topological polar surface area (TPSA) is 79.8 Å². The van der Waals surface area contributed by atoms with Gasteiger partial charge in [0.15, 0.2) is 6.23 Å². The monoisotopic (exact) mass is 464 g/mol. The Kier molecular flexibility index (Phi) is 12.8. The van der Waals surface area contributed by atoms with Crippen molar-refractivity contribution in [1.82, 2.24) is 5.32 Å². The number of unbranched alkanes of at least 4 members (excludes halogenated alkanes) is 3. The number of nitrogens with one attached hydrogen (secondary N) is 2. The zero-order valence-corrected chi connectivity index (χ0v) is 20.3. The van der Waals surface area contributed by atoms with Crippen LogP contribution in [0.2, 0.25) is 0 Å². The fraction of sp³-hybridized carbons (Fsp3) is 0.480. The van der Waals surface area contributed by atoms with Crippen LogP contribution in [-0.4, -0.2) is 36.0 Å². The van der Waals surface area contributed by atoms with Crippen molar-refractivity contribution >= 4 is 24.0 Å². The van der Waals surface area contributed by atoms with Gasteiger partial charge in [-0.15, -0.1) is 12.4 Å². The van der Waals surface area contributed by atoms with Crippen LogP contribution in [0.3, 0.4) is 0 Å². The SMILES string of the molecule is CCCCCCOc1ccc(C(=O)Nc2ccc(OC(NC(C)C)C(C)O)cc2)cc1.Cl. The summed E-state index contributed by atoms with van der Waals surface area (Å²) >= 11 is 0. The van der Waals surface area contributed by atoms with Gasteiger partial charge in [-0.1, -0.05) is 26.2 Å². The number of rotatable bonds is 13. The van der Waals surface area contributed by atoms with Crippen LogP contribution in [0.5, 0.6) is 11.5 Å². The summed E-state index contributed by atoms with van der Waals surface area (Å²) in [6, 6.07) is 14.4. The highest BCUT2D eigenvalue weighted by atomic mass is 35.5. The van der Waals surface area contributed by atoms with E-state index in [0.717, 1.165) is 12.2 Å². The molecule has 0 aliphatic carbocycles. The van der Waals surface area contributed by atoms with Gasteiger partial charge in [0.1, 0.15) is 17.6 Å². The number of benzene rings is 2. The second kappa shape index (κ2) is 14.7. The van der Waals surface area contributed by atoms with Gasteiger partial charge >= 0.3 is 0 Å². The summed E-state index contributed by atoms with van der Waals surface area (Å²) in [5.41, 5.74) is 1.23. The number of carbonyl (C=O) groups excluding carboxylic acids is 1. The molecule has 0 heterocycles. The molecule has 0 aliphatic heterocycles. The lowest BCUT2D eigenvalue weighted by Crippen LogP contribution is -2.46. The fourth-order valence-corrected chi connectivity index (χ4v) is 2.99. The average molecular weight is 465 g/mol. The summed E-state index contributed by atoms with van der Waals surface area (Å²) in [6.45, 7) is 8.54. The zero-order chi connectivity index (χ0) is 22.6. The molecule has 7 heteroatoms. The second-order valence-electron chi connectivity index (χ2n) is 8.01. The Bertz CT molecular complexity index is 780. The number of aliphatic hydroxyl groups is 1. The highest BCUT2D eigenvalue weighted by molar-refractivity contribution is 6.04. The largest absolute Gasteiger partial charge is 0.494 e. The van der Waals surface area contributed by atoms with E-state index in [-0.39, 0.29) is 24.4 Å². The van der Waals surface area contributed by atoms with Crippen molar-refractivity contribution in [2.24, 2.45) is 0 Å². The Hall–Kier alpha value is -2.28. The molecule has 32 heavy (non-hydrogen) atoms. The van der Waals surface area contributed by atoms with Crippen molar-refractivity contribution in [1.29, 1.82) is 0 Å². The molecule has 0 saturated heterocycles. The summed E-state index contributed by atoms with van der Waals surface area (Å²) in [5, 5.41) is 15.9. The molecule has 0 saturated carbocycles. The van der Waals surface area contributed by atoms with Gasteiger partial charge < -0.3 is 19.9 Å². The maximum atomic E-state index is 12.5. The first-order valence-electron chi connectivity index (χ1n) is 11.1. The normalized spacial score (nSPS) is 12.6. The number of anilines is 1. The lowest BCUT2D eigenvalue weighted by Gasteiger charge is -2.25. The van der Waals surface area contributed by atoms with Gasteiger partial charge in [0.2, 0.25) is 0 Å². The van der Waals surface area contributed by atoms with Crippen LogP contribution in [0.15, 0.2) is 48.5 Å². The fourth-order valence-electron chi connectivity index (χ4n) is 2.99. The smallest absolute Gasteiger partial charge is 0.255 e. The van der Waals surface area contributed by atoms with Gasteiger partial charge in [0, 0.05) is 17.3 Å². The summed E-state index contributed by atoms with van der Waals surface area (Å²) in [5.74, 6) is 1.20. The predicted octanol–water partition coefficient (Wildman–Crippen LogP) is 5.40. The van der Waals surface area contributed by atoms with Crippen LogP contribution in [0.1, 0.15) is 63.7 Å². The minimum atomic E-state index is -0.662. The highest BCUT2D eigenvalue weighted by Crippen LogP contribution is 2.19. The van der Waals surface area contributed by atoms with E-state index in [1.165, 1.54) is 19.3 Å². The van der Waals surface area contributed by atoms with Crippen LogP contribution >= 0.6 is 12.4 Å². The molecule has 2 aromatic carbocycles. The first kappa shape index (κ1) is 27.8. The predicted molar refractivity (Wildman–Crippen MR) is 132 cm³/mol. The van der Waals surface area contributed by atoms with E-state index >= 15 is 0 Å². The third-order valence-electron chi connectivity index (χ3n) is 4.69. The van der Waals surface area contributed by atoms with E-state index in [1.54, 1.807) is 43.3 Å². The van der Waals surface area contributed by atoms with Crippen molar-refractivity contribution in [3.8, 4) is 11.5 Å². The lowest BCUT2D eigenvalue weighted by atomic mass is 10.2. The molecule has 0 fully saturated rings. The standard InChI is InChI=1S/C25H36N2O4.ClH/c1-5-6-7-8-17-30-22-13-9-20(10-14-22)24(29)27-21-11-15-23(16-12-21)31-25(19(4)28)26-18(2)3;/h9-16,18-19,25-26,28H,5-8,17H2,1-4H3,(H,27,29);1H. The number of carbonyl (C=O) groups is 1. The molecular formula is C25H37ClN2O4. The van der Waals surface area contributed by atoms with E-state index < -0.39 is 12.3 Å². The summed E-state index contributed by atoms with van der Waals surface area (Å²) in [6.07, 6.45) is 3.48. The van der Waals surface area contributed by atoms with Crippen molar-refractivity contribution in [3.05, 3.63) is 54.1 Å². The lowest BCUT2D eigenvalue weighted by molar-refractivity contribution is 0.0218. The van der Waals surface area contributed by atoms with Crippen molar-refractivity contribution in [2.45, 2.75) is 71.8 Å². The Morgan fingerprint density at radius 1 is 0.938 bits per heavy atom. The Balaban J connectivity index is 0.00000512. The van der Waals surface area contributed by atoms with Gasteiger partial charge in [-0.2, -0.15) is 0 Å². The van der Waals surface area contributed by atoms with E-state index in [2.05, 4.69) is 17.6 Å². The molecule has 178 valence electrons. The quantitative estimate of drug-likeness (QED) is 0.273. The van der Waals surface area contributed by atoms with Crippen molar-refractivity contribution < 1.29 is 19.4 Å². The van der Waals surface area contributed by atoms with Gasteiger partial charge in [-0.05, 0) is 75.7 Å². The summed E-state index contributed by atoms with van der Waals surface area (Å²) in [7, 11) is 0. The number of amides is 1. The number of halogens is 1. The highest BCUT2D eigenvalue weighted by Gasteiger charge is 2.17. The first-order valence-corrected chi connectivity index (χ1v) is 11.1. The van der Waals surface area contributed by atoms with Crippen LogP contribution in [0, 0.1) is 0 Å². The van der Waals surface area contributed by atoms with E-state index in [4.69, 9.17) is 9.47 Å².